The zero-order valence-corrected chi connectivity index (χ0v) is 13.8. The molecule has 1 aromatic rings. The number of benzene rings is 1. The SMILES string of the molecule is CNCC(C)(CN(C)CCCN(C)C)c1ccccc1. The van der Waals surface area contributed by atoms with Crippen LogP contribution in [0, 0.1) is 0 Å². The van der Waals surface area contributed by atoms with Crippen molar-refractivity contribution in [2.75, 3.05) is 54.4 Å². The fraction of sp³-hybridized carbons (Fsp3) is 0.647. The van der Waals surface area contributed by atoms with E-state index in [1.54, 1.807) is 0 Å². The molecule has 1 aromatic carbocycles. The maximum absolute atomic E-state index is 3.35. The van der Waals surface area contributed by atoms with Crippen LogP contribution in [0.3, 0.4) is 0 Å². The van der Waals surface area contributed by atoms with Gasteiger partial charge in [-0.2, -0.15) is 0 Å². The van der Waals surface area contributed by atoms with Gasteiger partial charge in [0.25, 0.3) is 0 Å². The zero-order chi connectivity index (χ0) is 15.0. The van der Waals surface area contributed by atoms with Crippen LogP contribution in [-0.4, -0.2) is 64.2 Å². The molecular weight excluding hydrogens is 246 g/mol. The topological polar surface area (TPSA) is 18.5 Å². The van der Waals surface area contributed by atoms with Crippen molar-refractivity contribution in [2.24, 2.45) is 0 Å². The van der Waals surface area contributed by atoms with Crippen molar-refractivity contribution >= 4 is 0 Å². The first kappa shape index (κ1) is 17.2. The van der Waals surface area contributed by atoms with Crippen molar-refractivity contribution in [3.05, 3.63) is 35.9 Å². The molecule has 114 valence electrons. The van der Waals surface area contributed by atoms with Crippen molar-refractivity contribution < 1.29 is 0 Å². The van der Waals surface area contributed by atoms with Crippen molar-refractivity contribution in [1.29, 1.82) is 0 Å². The highest BCUT2D eigenvalue weighted by Gasteiger charge is 2.27. The summed E-state index contributed by atoms with van der Waals surface area (Å²) < 4.78 is 0. The summed E-state index contributed by atoms with van der Waals surface area (Å²) >= 11 is 0. The third-order valence-corrected chi connectivity index (χ3v) is 3.80. The van der Waals surface area contributed by atoms with Crippen LogP contribution in [0.2, 0.25) is 0 Å². The molecule has 1 unspecified atom stereocenters. The summed E-state index contributed by atoms with van der Waals surface area (Å²) in [6.45, 7) is 6.71. The van der Waals surface area contributed by atoms with E-state index in [4.69, 9.17) is 0 Å². The summed E-state index contributed by atoms with van der Waals surface area (Å²) in [4.78, 5) is 4.70. The molecule has 0 heterocycles. The lowest BCUT2D eigenvalue weighted by atomic mass is 9.82. The van der Waals surface area contributed by atoms with Crippen LogP contribution in [0.4, 0.5) is 0 Å². The lowest BCUT2D eigenvalue weighted by molar-refractivity contribution is 0.240. The Morgan fingerprint density at radius 2 is 1.70 bits per heavy atom. The van der Waals surface area contributed by atoms with Gasteiger partial charge < -0.3 is 15.1 Å². The van der Waals surface area contributed by atoms with Gasteiger partial charge in [-0.1, -0.05) is 37.3 Å². The molecule has 3 nitrogen and oxygen atoms in total. The second kappa shape index (κ2) is 8.40. The molecule has 1 rings (SSSR count). The monoisotopic (exact) mass is 277 g/mol. The predicted octanol–water partition coefficient (Wildman–Crippen LogP) is 2.05. The molecule has 3 heteroatoms. The van der Waals surface area contributed by atoms with E-state index in [-0.39, 0.29) is 5.41 Å². The smallest absolute Gasteiger partial charge is 0.0176 e. The molecule has 0 radical (unpaired) electrons. The number of likely N-dealkylation sites (N-methyl/N-ethyl adjacent to an activating group) is 2. The Morgan fingerprint density at radius 1 is 1.05 bits per heavy atom. The Hall–Kier alpha value is -0.900. The van der Waals surface area contributed by atoms with Gasteiger partial charge in [-0.25, -0.2) is 0 Å². The van der Waals surface area contributed by atoms with Crippen LogP contribution < -0.4 is 5.32 Å². The molecular formula is C17H31N3. The Labute approximate surface area is 125 Å². The summed E-state index contributed by atoms with van der Waals surface area (Å²) in [6, 6.07) is 10.8. The molecule has 1 N–H and O–H groups in total. The van der Waals surface area contributed by atoms with E-state index in [2.05, 4.69) is 73.5 Å². The van der Waals surface area contributed by atoms with E-state index in [9.17, 15) is 0 Å². The molecule has 0 saturated carbocycles. The molecule has 1 atom stereocenters. The lowest BCUT2D eigenvalue weighted by Gasteiger charge is -2.34. The number of hydrogen-bond donors (Lipinski definition) is 1. The average molecular weight is 277 g/mol. The fourth-order valence-corrected chi connectivity index (χ4v) is 2.81. The predicted molar refractivity (Wildman–Crippen MR) is 88.4 cm³/mol. The molecule has 0 saturated heterocycles. The number of nitrogens with one attached hydrogen (secondary N) is 1. The van der Waals surface area contributed by atoms with E-state index < -0.39 is 0 Å². The first-order chi connectivity index (χ1) is 9.48. The van der Waals surface area contributed by atoms with Gasteiger partial charge in [0.05, 0.1) is 0 Å². The molecule has 0 aliphatic carbocycles. The molecule has 0 amide bonds. The Morgan fingerprint density at radius 3 is 2.25 bits per heavy atom. The van der Waals surface area contributed by atoms with Crippen molar-refractivity contribution in [2.45, 2.75) is 18.8 Å². The second-order valence-electron chi connectivity index (χ2n) is 6.35. The molecule has 0 aliphatic heterocycles. The maximum atomic E-state index is 3.35. The van der Waals surface area contributed by atoms with Crippen LogP contribution in [0.15, 0.2) is 30.3 Å². The Balaban J connectivity index is 2.62. The third-order valence-electron chi connectivity index (χ3n) is 3.80. The fourth-order valence-electron chi connectivity index (χ4n) is 2.81. The molecule has 0 bridgehead atoms. The molecule has 0 fully saturated rings. The average Bonchev–Trinajstić information content (AvgIpc) is 2.39. The third kappa shape index (κ3) is 5.61. The summed E-state index contributed by atoms with van der Waals surface area (Å²) in [5.41, 5.74) is 1.57. The molecule has 20 heavy (non-hydrogen) atoms. The maximum Gasteiger partial charge on any atom is 0.0176 e. The van der Waals surface area contributed by atoms with Crippen LogP contribution in [0.25, 0.3) is 0 Å². The highest BCUT2D eigenvalue weighted by Crippen LogP contribution is 2.24. The van der Waals surface area contributed by atoms with Gasteiger partial charge in [-0.3, -0.25) is 0 Å². The lowest BCUT2D eigenvalue weighted by Crippen LogP contribution is -2.44. The first-order valence-electron chi connectivity index (χ1n) is 7.51. The summed E-state index contributed by atoms with van der Waals surface area (Å²) in [5, 5.41) is 3.35. The van der Waals surface area contributed by atoms with E-state index in [0.29, 0.717) is 0 Å². The van der Waals surface area contributed by atoms with E-state index in [1.165, 1.54) is 12.0 Å². The Kier molecular flexibility index (Phi) is 7.20. The van der Waals surface area contributed by atoms with Crippen LogP contribution in [0.5, 0.6) is 0 Å². The van der Waals surface area contributed by atoms with E-state index >= 15 is 0 Å². The zero-order valence-electron chi connectivity index (χ0n) is 13.8. The minimum atomic E-state index is 0.156. The molecule has 0 aromatic heterocycles. The van der Waals surface area contributed by atoms with Gasteiger partial charge in [-0.15, -0.1) is 0 Å². The van der Waals surface area contributed by atoms with Crippen molar-refractivity contribution in [3.8, 4) is 0 Å². The van der Waals surface area contributed by atoms with Crippen LogP contribution in [-0.2, 0) is 5.41 Å². The van der Waals surface area contributed by atoms with Crippen LogP contribution in [0.1, 0.15) is 18.9 Å². The number of nitrogens with zero attached hydrogens (tertiary/aromatic N) is 2. The number of rotatable bonds is 9. The van der Waals surface area contributed by atoms with E-state index in [0.717, 1.165) is 26.2 Å². The minimum Gasteiger partial charge on any atom is -0.319 e. The van der Waals surface area contributed by atoms with Gasteiger partial charge in [-0.05, 0) is 53.3 Å². The normalized spacial score (nSPS) is 14.8. The quantitative estimate of drug-likeness (QED) is 0.745. The van der Waals surface area contributed by atoms with Gasteiger partial charge in [0.1, 0.15) is 0 Å². The van der Waals surface area contributed by atoms with Gasteiger partial charge >= 0.3 is 0 Å². The molecule has 0 spiro atoms. The highest BCUT2D eigenvalue weighted by atomic mass is 15.1. The van der Waals surface area contributed by atoms with Gasteiger partial charge in [0, 0.05) is 18.5 Å². The highest BCUT2D eigenvalue weighted by molar-refractivity contribution is 5.25. The van der Waals surface area contributed by atoms with E-state index in [1.807, 2.05) is 7.05 Å². The van der Waals surface area contributed by atoms with Crippen molar-refractivity contribution in [1.82, 2.24) is 15.1 Å². The first-order valence-corrected chi connectivity index (χ1v) is 7.51. The second-order valence-corrected chi connectivity index (χ2v) is 6.35. The summed E-state index contributed by atoms with van der Waals surface area (Å²) in [5.74, 6) is 0. The van der Waals surface area contributed by atoms with Gasteiger partial charge in [0.15, 0.2) is 0 Å². The standard InChI is InChI=1S/C17H31N3/c1-17(14-18-2,16-10-7-6-8-11-16)15-20(5)13-9-12-19(3)4/h6-8,10-11,18H,9,12-15H2,1-5H3. The largest absolute Gasteiger partial charge is 0.319 e. The van der Waals surface area contributed by atoms with Crippen LogP contribution >= 0.6 is 0 Å². The summed E-state index contributed by atoms with van der Waals surface area (Å²) in [6.07, 6.45) is 1.22. The minimum absolute atomic E-state index is 0.156. The van der Waals surface area contributed by atoms with Crippen molar-refractivity contribution in [3.63, 3.8) is 0 Å². The summed E-state index contributed by atoms with van der Waals surface area (Å²) in [7, 11) is 8.53. The molecule has 0 aliphatic rings. The number of hydrogen-bond acceptors (Lipinski definition) is 3. The Bertz CT molecular complexity index is 364. The van der Waals surface area contributed by atoms with Gasteiger partial charge in [0.2, 0.25) is 0 Å².